The van der Waals surface area contributed by atoms with E-state index >= 15 is 0 Å². The molecule has 5 nitrogen and oxygen atoms in total. The molecule has 0 bridgehead atoms. The molecule has 1 rings (SSSR count). The summed E-state index contributed by atoms with van der Waals surface area (Å²) >= 11 is 5.76. The summed E-state index contributed by atoms with van der Waals surface area (Å²) in [6.07, 6.45) is 2.35. The van der Waals surface area contributed by atoms with Crippen LogP contribution in [-0.2, 0) is 0 Å². The van der Waals surface area contributed by atoms with Crippen LogP contribution >= 0.6 is 11.6 Å². The maximum absolute atomic E-state index is 9.69. The van der Waals surface area contributed by atoms with E-state index < -0.39 is 6.10 Å². The van der Waals surface area contributed by atoms with Gasteiger partial charge in [-0.2, -0.15) is 0 Å². The summed E-state index contributed by atoms with van der Waals surface area (Å²) in [6.45, 7) is 6.66. The summed E-state index contributed by atoms with van der Waals surface area (Å²) in [5.74, 6) is 0.240. The first-order chi connectivity index (χ1) is 7.88. The van der Waals surface area contributed by atoms with Crippen molar-refractivity contribution in [2.75, 3.05) is 13.2 Å². The van der Waals surface area contributed by atoms with Gasteiger partial charge in [0.1, 0.15) is 12.7 Å². The topological polar surface area (TPSA) is 67.3 Å². The van der Waals surface area contributed by atoms with Gasteiger partial charge in [-0.05, 0) is 20.8 Å². The molecule has 1 heterocycles. The molecule has 0 aliphatic heterocycles. The van der Waals surface area contributed by atoms with Crippen molar-refractivity contribution in [3.05, 3.63) is 17.5 Å². The van der Waals surface area contributed by atoms with Gasteiger partial charge in [0.25, 0.3) is 5.88 Å². The number of hydrogen-bond donors (Lipinski definition) is 2. The van der Waals surface area contributed by atoms with Crippen LogP contribution in [0.25, 0.3) is 0 Å². The molecule has 0 spiro atoms. The van der Waals surface area contributed by atoms with Gasteiger partial charge in [0, 0.05) is 24.5 Å². The van der Waals surface area contributed by atoms with E-state index in [2.05, 4.69) is 15.3 Å². The Labute approximate surface area is 106 Å². The number of nitrogens with one attached hydrogen (secondary N) is 1. The van der Waals surface area contributed by atoms with Crippen LogP contribution in [0.4, 0.5) is 0 Å². The lowest BCUT2D eigenvalue weighted by atomic mass is 10.1. The lowest BCUT2D eigenvalue weighted by molar-refractivity contribution is 0.0976. The molecule has 0 radical (unpaired) electrons. The van der Waals surface area contributed by atoms with Crippen molar-refractivity contribution in [1.82, 2.24) is 15.3 Å². The van der Waals surface area contributed by atoms with Crippen LogP contribution in [0.15, 0.2) is 12.4 Å². The molecule has 6 heteroatoms. The second kappa shape index (κ2) is 6.14. The first-order valence-corrected chi connectivity index (χ1v) is 5.78. The van der Waals surface area contributed by atoms with E-state index in [0.717, 1.165) is 0 Å². The van der Waals surface area contributed by atoms with Crippen LogP contribution in [0, 0.1) is 0 Å². The van der Waals surface area contributed by atoms with E-state index in [9.17, 15) is 5.11 Å². The smallest absolute Gasteiger partial charge is 0.252 e. The molecular formula is C11H18ClN3O2. The third-order valence-corrected chi connectivity index (χ3v) is 2.16. The first-order valence-electron chi connectivity index (χ1n) is 5.41. The lowest BCUT2D eigenvalue weighted by Gasteiger charge is -2.22. The number of rotatable bonds is 5. The van der Waals surface area contributed by atoms with E-state index in [4.69, 9.17) is 16.3 Å². The average molecular weight is 260 g/mol. The van der Waals surface area contributed by atoms with Crippen LogP contribution in [0.2, 0.25) is 5.15 Å². The fourth-order valence-electron chi connectivity index (χ4n) is 1.06. The van der Waals surface area contributed by atoms with Crippen molar-refractivity contribution < 1.29 is 9.84 Å². The molecule has 0 saturated carbocycles. The van der Waals surface area contributed by atoms with E-state index in [0.29, 0.717) is 6.54 Å². The number of hydrogen-bond acceptors (Lipinski definition) is 5. The Balaban J connectivity index is 2.34. The Morgan fingerprint density at radius 2 is 2.06 bits per heavy atom. The first kappa shape index (κ1) is 14.2. The van der Waals surface area contributed by atoms with Crippen LogP contribution in [0.5, 0.6) is 5.88 Å². The predicted molar refractivity (Wildman–Crippen MR) is 66.3 cm³/mol. The van der Waals surface area contributed by atoms with Gasteiger partial charge >= 0.3 is 0 Å². The number of aliphatic hydroxyl groups is 1. The minimum Gasteiger partial charge on any atom is -0.473 e. The minimum atomic E-state index is -0.618. The van der Waals surface area contributed by atoms with Gasteiger partial charge in [-0.1, -0.05) is 11.6 Å². The van der Waals surface area contributed by atoms with E-state index in [-0.39, 0.29) is 23.2 Å². The van der Waals surface area contributed by atoms with Gasteiger partial charge in [0.15, 0.2) is 5.15 Å². The van der Waals surface area contributed by atoms with Crippen LogP contribution < -0.4 is 10.1 Å². The molecule has 0 fully saturated rings. The molecule has 1 aromatic rings. The van der Waals surface area contributed by atoms with E-state index in [1.165, 1.54) is 12.4 Å². The summed E-state index contributed by atoms with van der Waals surface area (Å²) in [5, 5.41) is 13.1. The van der Waals surface area contributed by atoms with Crippen molar-refractivity contribution >= 4 is 11.6 Å². The van der Waals surface area contributed by atoms with Crippen molar-refractivity contribution in [2.45, 2.75) is 32.4 Å². The Hall–Kier alpha value is -0.910. The van der Waals surface area contributed by atoms with Crippen molar-refractivity contribution in [2.24, 2.45) is 0 Å². The number of nitrogens with zero attached hydrogens (tertiary/aromatic N) is 2. The highest BCUT2D eigenvalue weighted by Gasteiger charge is 2.13. The van der Waals surface area contributed by atoms with Crippen molar-refractivity contribution in [3.8, 4) is 5.88 Å². The number of ether oxygens (including phenoxy) is 1. The number of β-amino-alcohol motifs (C(OH)–C–C–N with tert-alkyl or cyclic N) is 1. The fourth-order valence-corrected chi connectivity index (χ4v) is 1.22. The third-order valence-electron chi connectivity index (χ3n) is 1.90. The van der Waals surface area contributed by atoms with Crippen LogP contribution in [0.1, 0.15) is 20.8 Å². The maximum atomic E-state index is 9.69. The Bertz CT molecular complexity index is 355. The number of aliphatic hydroxyl groups excluding tert-OH is 1. The van der Waals surface area contributed by atoms with E-state index in [1.54, 1.807) is 0 Å². The zero-order chi connectivity index (χ0) is 12.9. The molecule has 96 valence electrons. The minimum absolute atomic E-state index is 0.0365. The normalized spacial score (nSPS) is 13.5. The summed E-state index contributed by atoms with van der Waals surface area (Å²) < 4.78 is 5.27. The van der Waals surface area contributed by atoms with E-state index in [1.807, 2.05) is 20.8 Å². The molecule has 17 heavy (non-hydrogen) atoms. The summed E-state index contributed by atoms with van der Waals surface area (Å²) in [4.78, 5) is 7.73. The zero-order valence-corrected chi connectivity index (χ0v) is 11.0. The SMILES string of the molecule is CC(C)(C)NCC(O)COc1nccnc1Cl. The van der Waals surface area contributed by atoms with Gasteiger partial charge in [-0.15, -0.1) is 0 Å². The largest absolute Gasteiger partial charge is 0.473 e. The molecule has 0 aliphatic rings. The Morgan fingerprint density at radius 3 is 2.65 bits per heavy atom. The molecule has 2 N–H and O–H groups in total. The number of aromatic nitrogens is 2. The highest BCUT2D eigenvalue weighted by Crippen LogP contribution is 2.16. The molecule has 1 atom stereocenters. The van der Waals surface area contributed by atoms with Gasteiger partial charge in [-0.3, -0.25) is 0 Å². The third kappa shape index (κ3) is 5.81. The molecule has 0 aromatic carbocycles. The highest BCUT2D eigenvalue weighted by atomic mass is 35.5. The average Bonchev–Trinajstić information content (AvgIpc) is 2.24. The molecule has 0 saturated heterocycles. The lowest BCUT2D eigenvalue weighted by Crippen LogP contribution is -2.42. The summed E-state index contributed by atoms with van der Waals surface area (Å²) in [7, 11) is 0. The summed E-state index contributed by atoms with van der Waals surface area (Å²) in [6, 6.07) is 0. The Kier molecular flexibility index (Phi) is 5.11. The standard InChI is InChI=1S/C11H18ClN3O2/c1-11(2,3)15-6-8(16)7-17-10-9(12)13-4-5-14-10/h4-5,8,15-16H,6-7H2,1-3H3. The molecule has 1 unspecified atom stereocenters. The van der Waals surface area contributed by atoms with Crippen LogP contribution in [0.3, 0.4) is 0 Å². The van der Waals surface area contributed by atoms with Gasteiger partial charge in [0.2, 0.25) is 0 Å². The van der Waals surface area contributed by atoms with Gasteiger partial charge in [0.05, 0.1) is 0 Å². The van der Waals surface area contributed by atoms with Crippen molar-refractivity contribution in [1.29, 1.82) is 0 Å². The summed E-state index contributed by atoms with van der Waals surface area (Å²) in [5.41, 5.74) is -0.0365. The predicted octanol–water partition coefficient (Wildman–Crippen LogP) is 1.26. The molecule has 0 aliphatic carbocycles. The molecule has 0 amide bonds. The quantitative estimate of drug-likeness (QED) is 0.833. The monoisotopic (exact) mass is 259 g/mol. The highest BCUT2D eigenvalue weighted by molar-refractivity contribution is 6.30. The molecular weight excluding hydrogens is 242 g/mol. The van der Waals surface area contributed by atoms with Gasteiger partial charge < -0.3 is 15.2 Å². The second-order valence-corrected chi connectivity index (χ2v) is 5.11. The number of halogens is 1. The fraction of sp³-hybridized carbons (Fsp3) is 0.636. The molecule has 1 aromatic heterocycles. The Morgan fingerprint density at radius 1 is 1.41 bits per heavy atom. The second-order valence-electron chi connectivity index (χ2n) is 4.75. The zero-order valence-electron chi connectivity index (χ0n) is 10.3. The van der Waals surface area contributed by atoms with Crippen LogP contribution in [-0.4, -0.2) is 39.9 Å². The van der Waals surface area contributed by atoms with Gasteiger partial charge in [-0.25, -0.2) is 9.97 Å². The maximum Gasteiger partial charge on any atom is 0.252 e. The van der Waals surface area contributed by atoms with Crippen molar-refractivity contribution in [3.63, 3.8) is 0 Å².